The highest BCUT2D eigenvalue weighted by molar-refractivity contribution is 5.83. The number of aliphatic hydroxyl groups is 1. The maximum atomic E-state index is 14.4. The molecule has 4 N–H and O–H groups in total. The van der Waals surface area contributed by atoms with Gasteiger partial charge in [-0.05, 0) is 35.9 Å². The van der Waals surface area contributed by atoms with Crippen molar-refractivity contribution in [3.63, 3.8) is 0 Å². The number of rotatable bonds is 4. The molecule has 0 radical (unpaired) electrons. The van der Waals surface area contributed by atoms with Crippen LogP contribution in [0, 0.1) is 0 Å². The maximum Gasteiger partial charge on any atom is 0.418 e. The number of nitrogens with zero attached hydrogens (tertiary/aromatic N) is 2. The highest BCUT2D eigenvalue weighted by Crippen LogP contribution is 2.42. The van der Waals surface area contributed by atoms with Crippen LogP contribution < -0.4 is 25.8 Å². The van der Waals surface area contributed by atoms with Crippen LogP contribution >= 0.6 is 0 Å². The molecule has 8 nitrogen and oxygen atoms in total. The highest BCUT2D eigenvalue weighted by atomic mass is 19.4. The SMILES string of the molecule is OC(c1cccc(NC23N=CC(F)=C(NO2)N3c2ccc3c(c2)NCO3)c1)C(F)(F)F. The molecule has 12 heteroatoms. The molecule has 0 saturated carbocycles. The van der Waals surface area contributed by atoms with Gasteiger partial charge in [-0.2, -0.15) is 13.2 Å². The average Bonchev–Trinajstić information content (AvgIpc) is 3.31. The summed E-state index contributed by atoms with van der Waals surface area (Å²) < 4.78 is 58.5. The zero-order chi connectivity index (χ0) is 21.8. The Kier molecular flexibility index (Phi) is 4.24. The minimum atomic E-state index is -4.82. The molecule has 1 fully saturated rings. The van der Waals surface area contributed by atoms with Gasteiger partial charge in [0.1, 0.15) is 5.75 Å². The second kappa shape index (κ2) is 6.75. The smallest absolute Gasteiger partial charge is 0.418 e. The molecule has 3 heterocycles. The van der Waals surface area contributed by atoms with E-state index in [0.717, 1.165) is 18.3 Å². The van der Waals surface area contributed by atoms with Gasteiger partial charge in [-0.15, -0.1) is 0 Å². The van der Waals surface area contributed by atoms with Gasteiger partial charge in [0.15, 0.2) is 24.5 Å². The van der Waals surface area contributed by atoms with Crippen LogP contribution in [0.2, 0.25) is 0 Å². The van der Waals surface area contributed by atoms with Crippen molar-refractivity contribution in [3.05, 3.63) is 59.7 Å². The molecule has 0 aliphatic carbocycles. The fourth-order valence-electron chi connectivity index (χ4n) is 3.50. The second-order valence-electron chi connectivity index (χ2n) is 6.94. The number of hydrogen-bond acceptors (Lipinski definition) is 8. The molecule has 2 aromatic carbocycles. The Balaban J connectivity index is 1.51. The zero-order valence-electron chi connectivity index (χ0n) is 15.6. The molecule has 2 bridgehead atoms. The lowest BCUT2D eigenvalue weighted by Gasteiger charge is -2.35. The van der Waals surface area contributed by atoms with Crippen molar-refractivity contribution in [1.82, 2.24) is 5.48 Å². The molecule has 2 aromatic rings. The van der Waals surface area contributed by atoms with Crippen LogP contribution in [-0.2, 0) is 4.84 Å². The largest absolute Gasteiger partial charge is 0.471 e. The summed E-state index contributed by atoms with van der Waals surface area (Å²) in [6.07, 6.45) is -6.53. The van der Waals surface area contributed by atoms with E-state index in [2.05, 4.69) is 21.1 Å². The van der Waals surface area contributed by atoms with E-state index in [9.17, 15) is 22.7 Å². The molecule has 162 valence electrons. The minimum Gasteiger partial charge on any atom is -0.471 e. The third kappa shape index (κ3) is 3.20. The quantitative estimate of drug-likeness (QED) is 0.546. The van der Waals surface area contributed by atoms with Crippen LogP contribution in [0.15, 0.2) is 59.1 Å². The van der Waals surface area contributed by atoms with Crippen LogP contribution in [0.1, 0.15) is 11.7 Å². The number of aliphatic hydroxyl groups excluding tert-OH is 1. The minimum absolute atomic E-state index is 0.0344. The Bertz CT molecular complexity index is 1110. The summed E-state index contributed by atoms with van der Waals surface area (Å²) in [7, 11) is 0. The number of hydrogen-bond donors (Lipinski definition) is 4. The fraction of sp³-hybridized carbons (Fsp3) is 0.211. The number of fused-ring (bicyclic) bond motifs is 3. The molecule has 0 amide bonds. The number of alkyl halides is 3. The fourth-order valence-corrected chi connectivity index (χ4v) is 3.50. The van der Waals surface area contributed by atoms with Crippen LogP contribution in [0.25, 0.3) is 0 Å². The summed E-state index contributed by atoms with van der Waals surface area (Å²) in [5.74, 6) is -1.83. The molecule has 2 atom stereocenters. The van der Waals surface area contributed by atoms with E-state index >= 15 is 0 Å². The molecule has 0 aromatic heterocycles. The van der Waals surface area contributed by atoms with Gasteiger partial charge in [0.25, 0.3) is 0 Å². The summed E-state index contributed by atoms with van der Waals surface area (Å²) in [5.41, 5.74) is 3.42. The van der Waals surface area contributed by atoms with Crippen LogP contribution in [0.3, 0.4) is 0 Å². The summed E-state index contributed by atoms with van der Waals surface area (Å²) in [4.78, 5) is 11.0. The first-order chi connectivity index (χ1) is 14.8. The number of halogens is 4. The summed E-state index contributed by atoms with van der Waals surface area (Å²) >= 11 is 0. The number of ether oxygens (including phenoxy) is 1. The Morgan fingerprint density at radius 1 is 1.23 bits per heavy atom. The normalized spacial score (nSPS) is 22.5. The van der Waals surface area contributed by atoms with Crippen molar-refractivity contribution in [3.8, 4) is 5.75 Å². The molecular formula is C19H15F4N5O3. The number of aliphatic imine (C=N–C) groups is 1. The molecule has 2 unspecified atom stereocenters. The monoisotopic (exact) mass is 437 g/mol. The Morgan fingerprint density at radius 2 is 2.06 bits per heavy atom. The lowest BCUT2D eigenvalue weighted by molar-refractivity contribution is -0.206. The van der Waals surface area contributed by atoms with Gasteiger partial charge in [-0.1, -0.05) is 12.1 Å². The summed E-state index contributed by atoms with van der Waals surface area (Å²) in [5, 5.41) is 15.5. The third-order valence-electron chi connectivity index (χ3n) is 4.93. The summed E-state index contributed by atoms with van der Waals surface area (Å²) in [6, 6.07) is 10.1. The first-order valence-electron chi connectivity index (χ1n) is 9.10. The van der Waals surface area contributed by atoms with Gasteiger partial charge in [-0.25, -0.2) is 19.7 Å². The van der Waals surface area contributed by atoms with Crippen molar-refractivity contribution in [2.24, 2.45) is 4.99 Å². The van der Waals surface area contributed by atoms with E-state index in [1.807, 2.05) is 0 Å². The Labute approximate surface area is 172 Å². The molecule has 1 saturated heterocycles. The van der Waals surface area contributed by atoms with E-state index in [1.54, 1.807) is 18.2 Å². The second-order valence-corrected chi connectivity index (χ2v) is 6.94. The maximum absolute atomic E-state index is 14.4. The molecule has 3 aliphatic rings. The standard InChI is InChI=1S/C19H15F4N5O3/c20-13-8-25-19(26-11-3-1-2-10(6-11)16(29)18(21,22)23)28(17(13)27-31-19)12-4-5-15-14(7-12)24-9-30-15/h1-8,16,24,26-27,29H,9H2. The topological polar surface area (TPSA) is 90.4 Å². The van der Waals surface area contributed by atoms with Crippen molar-refractivity contribution < 1.29 is 32.2 Å². The van der Waals surface area contributed by atoms with Gasteiger partial charge >= 0.3 is 12.1 Å². The van der Waals surface area contributed by atoms with Gasteiger partial charge < -0.3 is 20.5 Å². The predicted molar refractivity (Wildman–Crippen MR) is 103 cm³/mol. The number of anilines is 3. The van der Waals surface area contributed by atoms with E-state index in [0.29, 0.717) is 23.9 Å². The van der Waals surface area contributed by atoms with Crippen LogP contribution in [0.4, 0.5) is 34.6 Å². The van der Waals surface area contributed by atoms with Crippen LogP contribution in [-0.4, -0.2) is 30.2 Å². The van der Waals surface area contributed by atoms with Crippen molar-refractivity contribution in [1.29, 1.82) is 0 Å². The number of nitrogens with one attached hydrogen (secondary N) is 3. The number of hydroxylamine groups is 1. The Hall–Kier alpha value is -3.51. The van der Waals surface area contributed by atoms with Crippen molar-refractivity contribution in [2.45, 2.75) is 18.3 Å². The van der Waals surface area contributed by atoms with Gasteiger partial charge in [0, 0.05) is 5.69 Å². The predicted octanol–water partition coefficient (Wildman–Crippen LogP) is 3.33. The first kappa shape index (κ1) is 19.5. The molecule has 31 heavy (non-hydrogen) atoms. The van der Waals surface area contributed by atoms with E-state index in [-0.39, 0.29) is 17.1 Å². The third-order valence-corrected chi connectivity index (χ3v) is 4.93. The molecule has 5 rings (SSSR count). The van der Waals surface area contributed by atoms with Crippen molar-refractivity contribution in [2.75, 3.05) is 22.3 Å². The summed E-state index contributed by atoms with van der Waals surface area (Å²) in [6.45, 7) is 0.292. The van der Waals surface area contributed by atoms with Crippen LogP contribution in [0.5, 0.6) is 5.75 Å². The van der Waals surface area contributed by atoms with Gasteiger partial charge in [0.05, 0.1) is 17.6 Å². The lowest BCUT2D eigenvalue weighted by atomic mass is 10.1. The highest BCUT2D eigenvalue weighted by Gasteiger charge is 2.51. The van der Waals surface area contributed by atoms with Gasteiger partial charge in [-0.3, -0.25) is 4.90 Å². The molecule has 3 aliphatic heterocycles. The van der Waals surface area contributed by atoms with E-state index < -0.39 is 24.1 Å². The molecule has 0 spiro atoms. The number of benzene rings is 2. The average molecular weight is 437 g/mol. The number of allylic oxidation sites excluding steroid dienone is 1. The lowest BCUT2D eigenvalue weighted by Crippen LogP contribution is -2.51. The Morgan fingerprint density at radius 3 is 2.87 bits per heavy atom. The molecular weight excluding hydrogens is 422 g/mol. The first-order valence-corrected chi connectivity index (χ1v) is 9.10. The van der Waals surface area contributed by atoms with Crippen molar-refractivity contribution >= 4 is 23.3 Å². The van der Waals surface area contributed by atoms with Gasteiger partial charge in [0.2, 0.25) is 0 Å². The zero-order valence-corrected chi connectivity index (χ0v) is 15.6. The van der Waals surface area contributed by atoms with E-state index in [1.165, 1.54) is 17.0 Å². The van der Waals surface area contributed by atoms with E-state index in [4.69, 9.17) is 9.57 Å².